The van der Waals surface area contributed by atoms with Crippen LogP contribution in [0.2, 0.25) is 5.02 Å². The highest BCUT2D eigenvalue weighted by molar-refractivity contribution is 6.31. The fourth-order valence-electron chi connectivity index (χ4n) is 4.24. The van der Waals surface area contributed by atoms with Crippen molar-refractivity contribution in [3.8, 4) is 11.3 Å². The maximum Gasteiger partial charge on any atom is 0.409 e. The molecule has 0 saturated carbocycles. The fourth-order valence-corrected chi connectivity index (χ4v) is 4.41. The minimum absolute atomic E-state index is 0.0346. The molecule has 0 radical (unpaired) electrons. The molecule has 2 aromatic carbocycles. The zero-order valence-electron chi connectivity index (χ0n) is 18.8. The van der Waals surface area contributed by atoms with Gasteiger partial charge in [-0.05, 0) is 44.4 Å². The van der Waals surface area contributed by atoms with Crippen molar-refractivity contribution in [1.29, 1.82) is 0 Å². The molecule has 1 N–H and O–H groups in total. The molecule has 1 saturated heterocycles. The molecule has 0 unspecified atom stereocenters. The van der Waals surface area contributed by atoms with Gasteiger partial charge in [0.05, 0.1) is 12.1 Å². The van der Waals surface area contributed by atoms with E-state index in [1.807, 2.05) is 53.2 Å². The summed E-state index contributed by atoms with van der Waals surface area (Å²) in [4.78, 5) is 26.0. The van der Waals surface area contributed by atoms with Crippen molar-refractivity contribution in [3.63, 3.8) is 0 Å². The molecule has 174 valence electrons. The first-order chi connectivity index (χ1) is 16.0. The molecular formula is C25H29ClN4O3. The zero-order valence-corrected chi connectivity index (χ0v) is 19.6. The lowest BCUT2D eigenvalue weighted by atomic mass is 10.1. The van der Waals surface area contributed by atoms with Crippen LogP contribution < -0.4 is 5.32 Å². The van der Waals surface area contributed by atoms with Gasteiger partial charge >= 0.3 is 6.09 Å². The van der Waals surface area contributed by atoms with E-state index in [1.165, 1.54) is 0 Å². The standard InChI is InChI=1S/C25H29ClN4O3/c1-2-33-25(32)29-15-12-20(13-16-29)27-23(31)9-6-14-30-22-11-10-19(26)17-21(22)24(28-30)18-7-4-3-5-8-18/h3-5,7-8,10-11,17,20H,2,6,9,12-16H2,1H3,(H,27,31). The van der Waals surface area contributed by atoms with Crippen LogP contribution in [-0.4, -0.2) is 52.4 Å². The van der Waals surface area contributed by atoms with E-state index in [4.69, 9.17) is 21.4 Å². The quantitative estimate of drug-likeness (QED) is 0.536. The number of carbonyl (C=O) groups excluding carboxylic acids is 2. The molecule has 0 bridgehead atoms. The molecule has 2 amide bonds. The molecule has 1 aliphatic heterocycles. The van der Waals surface area contributed by atoms with Crippen LogP contribution in [0, 0.1) is 0 Å². The van der Waals surface area contributed by atoms with Crippen LogP contribution in [0.5, 0.6) is 0 Å². The average molecular weight is 469 g/mol. The van der Waals surface area contributed by atoms with Gasteiger partial charge < -0.3 is 15.0 Å². The normalized spacial score (nSPS) is 14.4. The summed E-state index contributed by atoms with van der Waals surface area (Å²) in [5.74, 6) is 0.0346. The summed E-state index contributed by atoms with van der Waals surface area (Å²) in [5.41, 5.74) is 2.94. The van der Waals surface area contributed by atoms with Crippen LogP contribution in [0.1, 0.15) is 32.6 Å². The summed E-state index contributed by atoms with van der Waals surface area (Å²) in [5, 5.41) is 9.62. The number of ether oxygens (including phenoxy) is 1. The van der Waals surface area contributed by atoms with Crippen molar-refractivity contribution < 1.29 is 14.3 Å². The largest absolute Gasteiger partial charge is 0.450 e. The van der Waals surface area contributed by atoms with Crippen LogP contribution in [0.15, 0.2) is 48.5 Å². The smallest absolute Gasteiger partial charge is 0.409 e. The Morgan fingerprint density at radius 1 is 1.15 bits per heavy atom. The lowest BCUT2D eigenvalue weighted by molar-refractivity contribution is -0.122. The Morgan fingerprint density at radius 2 is 1.91 bits per heavy atom. The number of aryl methyl sites for hydroxylation is 1. The van der Waals surface area contributed by atoms with Gasteiger partial charge in [-0.25, -0.2) is 4.79 Å². The third kappa shape index (κ3) is 5.66. The monoisotopic (exact) mass is 468 g/mol. The number of amides is 2. The molecule has 1 fully saturated rings. The number of hydrogen-bond acceptors (Lipinski definition) is 4. The van der Waals surface area contributed by atoms with Gasteiger partial charge in [0.2, 0.25) is 5.91 Å². The number of rotatable bonds is 7. The van der Waals surface area contributed by atoms with Crippen LogP contribution in [0.3, 0.4) is 0 Å². The van der Waals surface area contributed by atoms with Crippen LogP contribution in [0.4, 0.5) is 4.79 Å². The number of carbonyl (C=O) groups is 2. The Labute approximate surface area is 198 Å². The third-order valence-corrected chi connectivity index (χ3v) is 6.15. The van der Waals surface area contributed by atoms with Gasteiger partial charge in [0, 0.05) is 48.1 Å². The van der Waals surface area contributed by atoms with Gasteiger partial charge in [-0.1, -0.05) is 41.9 Å². The number of nitrogens with zero attached hydrogens (tertiary/aromatic N) is 3. The second-order valence-corrected chi connectivity index (χ2v) is 8.67. The Kier molecular flexibility index (Phi) is 7.50. The highest BCUT2D eigenvalue weighted by atomic mass is 35.5. The SMILES string of the molecule is CCOC(=O)N1CCC(NC(=O)CCCn2nc(-c3ccccc3)c3cc(Cl)ccc32)CC1. The average Bonchev–Trinajstić information content (AvgIpc) is 3.18. The number of hydrogen-bond donors (Lipinski definition) is 1. The van der Waals surface area contributed by atoms with Crippen molar-refractivity contribution in [3.05, 3.63) is 53.6 Å². The summed E-state index contributed by atoms with van der Waals surface area (Å²) < 4.78 is 7.00. The first-order valence-electron chi connectivity index (χ1n) is 11.5. The van der Waals surface area contributed by atoms with Crippen LogP contribution in [0.25, 0.3) is 22.2 Å². The summed E-state index contributed by atoms with van der Waals surface area (Å²) in [6, 6.07) is 15.9. The van der Waals surface area contributed by atoms with Crippen molar-refractivity contribution >= 4 is 34.5 Å². The summed E-state index contributed by atoms with van der Waals surface area (Å²) in [6.07, 6.45) is 2.32. The molecule has 0 spiro atoms. The number of likely N-dealkylation sites (tertiary alicyclic amines) is 1. The molecule has 1 aromatic heterocycles. The Balaban J connectivity index is 1.32. The summed E-state index contributed by atoms with van der Waals surface area (Å²) in [7, 11) is 0. The molecule has 33 heavy (non-hydrogen) atoms. The van der Waals surface area contributed by atoms with E-state index < -0.39 is 0 Å². The van der Waals surface area contributed by atoms with Crippen LogP contribution >= 0.6 is 11.6 Å². The molecule has 8 heteroatoms. The molecular weight excluding hydrogens is 440 g/mol. The van der Waals surface area contributed by atoms with E-state index >= 15 is 0 Å². The van der Waals surface area contributed by atoms with Crippen molar-refractivity contribution in [2.45, 2.75) is 45.2 Å². The predicted octanol–water partition coefficient (Wildman–Crippen LogP) is 4.87. The number of fused-ring (bicyclic) bond motifs is 1. The Hall–Kier alpha value is -3.06. The molecule has 3 aromatic rings. The lowest BCUT2D eigenvalue weighted by Crippen LogP contribution is -2.46. The van der Waals surface area contributed by atoms with Crippen molar-refractivity contribution in [1.82, 2.24) is 20.0 Å². The van der Waals surface area contributed by atoms with E-state index in [0.29, 0.717) is 44.1 Å². The molecule has 7 nitrogen and oxygen atoms in total. The molecule has 0 atom stereocenters. The summed E-state index contributed by atoms with van der Waals surface area (Å²) in [6.45, 7) is 4.02. The number of benzene rings is 2. The van der Waals surface area contributed by atoms with Crippen LogP contribution in [-0.2, 0) is 16.1 Å². The second kappa shape index (κ2) is 10.7. The molecule has 0 aliphatic carbocycles. The first kappa shape index (κ1) is 23.1. The Morgan fingerprint density at radius 3 is 2.64 bits per heavy atom. The highest BCUT2D eigenvalue weighted by Gasteiger charge is 2.24. The van der Waals surface area contributed by atoms with Gasteiger partial charge in [-0.3, -0.25) is 9.48 Å². The second-order valence-electron chi connectivity index (χ2n) is 8.23. The topological polar surface area (TPSA) is 76.5 Å². The molecule has 2 heterocycles. The van der Waals surface area contributed by atoms with Crippen molar-refractivity contribution in [2.75, 3.05) is 19.7 Å². The Bertz CT molecular complexity index is 1110. The minimum atomic E-state index is -0.273. The maximum atomic E-state index is 12.5. The number of halogens is 1. The van der Waals surface area contributed by atoms with E-state index in [-0.39, 0.29) is 18.0 Å². The third-order valence-electron chi connectivity index (χ3n) is 5.92. The van der Waals surface area contributed by atoms with Gasteiger partial charge in [-0.15, -0.1) is 0 Å². The van der Waals surface area contributed by atoms with E-state index in [9.17, 15) is 9.59 Å². The van der Waals surface area contributed by atoms with Gasteiger partial charge in [0.15, 0.2) is 0 Å². The predicted molar refractivity (Wildman–Crippen MR) is 129 cm³/mol. The lowest BCUT2D eigenvalue weighted by Gasteiger charge is -2.31. The van der Waals surface area contributed by atoms with Crippen molar-refractivity contribution in [2.24, 2.45) is 0 Å². The fraction of sp³-hybridized carbons (Fsp3) is 0.400. The van der Waals surface area contributed by atoms with E-state index in [0.717, 1.165) is 35.0 Å². The number of nitrogens with one attached hydrogen (secondary N) is 1. The summed E-state index contributed by atoms with van der Waals surface area (Å²) >= 11 is 6.25. The minimum Gasteiger partial charge on any atom is -0.450 e. The first-order valence-corrected chi connectivity index (χ1v) is 11.9. The zero-order chi connectivity index (χ0) is 23.2. The van der Waals surface area contributed by atoms with E-state index in [2.05, 4.69) is 5.32 Å². The number of piperidine rings is 1. The van der Waals surface area contributed by atoms with Gasteiger partial charge in [0.1, 0.15) is 5.69 Å². The number of aromatic nitrogens is 2. The van der Waals surface area contributed by atoms with Gasteiger partial charge in [-0.2, -0.15) is 5.10 Å². The maximum absolute atomic E-state index is 12.5. The highest BCUT2D eigenvalue weighted by Crippen LogP contribution is 2.30. The molecule has 4 rings (SSSR count). The van der Waals surface area contributed by atoms with Gasteiger partial charge in [0.25, 0.3) is 0 Å². The van der Waals surface area contributed by atoms with E-state index in [1.54, 1.807) is 11.8 Å². The molecule has 1 aliphatic rings.